The summed E-state index contributed by atoms with van der Waals surface area (Å²) in [5, 5.41) is 0. The van der Waals surface area contributed by atoms with Crippen LogP contribution in [0.1, 0.15) is 37.8 Å². The number of hydrogen-bond acceptors (Lipinski definition) is 3. The minimum Gasteiger partial charge on any atom is -0.460 e. The molecule has 1 aliphatic carbocycles. The van der Waals surface area contributed by atoms with Crippen molar-refractivity contribution in [2.75, 3.05) is 0 Å². The Morgan fingerprint density at radius 1 is 1.05 bits per heavy atom. The smallest absolute Gasteiger partial charge is 0.152 e. The van der Waals surface area contributed by atoms with Gasteiger partial charge in [-0.3, -0.25) is 9.97 Å². The van der Waals surface area contributed by atoms with E-state index < -0.39 is 0 Å². The first kappa shape index (κ1) is 16.2. The second-order valence-corrected chi connectivity index (χ2v) is 5.37. The molecule has 0 N–H and O–H groups in total. The quantitative estimate of drug-likeness (QED) is 0.587. The largest absolute Gasteiger partial charge is 0.460 e. The molecular formula is C19H24N2O. The lowest BCUT2D eigenvalue weighted by molar-refractivity contribution is 0.578. The molecule has 3 heteroatoms. The van der Waals surface area contributed by atoms with E-state index in [-0.39, 0.29) is 0 Å². The lowest BCUT2D eigenvalue weighted by Gasteiger charge is -1.92. The van der Waals surface area contributed by atoms with Crippen LogP contribution in [-0.2, 0) is 12.8 Å². The standard InChI is InChI=1S/C9H11N.C8H7NO.C2H6/c1-7-5-8-3-2-4-10-9(8)6-7;1-6-5-7-8(10-6)3-2-4-9-7;1-2/h2-4,7H,5-6H2,1H3;2-5H,1H3;1-2H3/t7-;;/m0../s1. The second kappa shape index (κ2) is 7.74. The molecule has 116 valence electrons. The van der Waals surface area contributed by atoms with E-state index >= 15 is 0 Å². The third kappa shape index (κ3) is 3.94. The number of aromatic nitrogens is 2. The SMILES string of the molecule is CC.C[C@H]1Cc2cccnc2C1.Cc1cc2ncccc2o1. The van der Waals surface area contributed by atoms with Crippen molar-refractivity contribution >= 4 is 11.1 Å². The fourth-order valence-electron chi connectivity index (χ4n) is 2.61. The summed E-state index contributed by atoms with van der Waals surface area (Å²) < 4.78 is 5.31. The van der Waals surface area contributed by atoms with Gasteiger partial charge in [0.1, 0.15) is 11.3 Å². The summed E-state index contributed by atoms with van der Waals surface area (Å²) in [6.07, 6.45) is 6.05. The molecule has 0 spiro atoms. The van der Waals surface area contributed by atoms with Crippen LogP contribution >= 0.6 is 0 Å². The Labute approximate surface area is 132 Å². The van der Waals surface area contributed by atoms with Gasteiger partial charge in [0, 0.05) is 24.2 Å². The first-order valence-corrected chi connectivity index (χ1v) is 7.96. The lowest BCUT2D eigenvalue weighted by Crippen LogP contribution is -1.90. The van der Waals surface area contributed by atoms with Crippen LogP contribution in [0.5, 0.6) is 0 Å². The molecular weight excluding hydrogens is 272 g/mol. The van der Waals surface area contributed by atoms with Gasteiger partial charge in [-0.1, -0.05) is 26.8 Å². The number of furan rings is 1. The monoisotopic (exact) mass is 296 g/mol. The first-order valence-electron chi connectivity index (χ1n) is 7.96. The van der Waals surface area contributed by atoms with E-state index in [1.54, 1.807) is 6.20 Å². The first-order chi connectivity index (χ1) is 10.7. The molecule has 0 aromatic carbocycles. The number of rotatable bonds is 0. The van der Waals surface area contributed by atoms with Crippen molar-refractivity contribution in [1.29, 1.82) is 0 Å². The van der Waals surface area contributed by atoms with E-state index in [0.717, 1.165) is 22.8 Å². The summed E-state index contributed by atoms with van der Waals surface area (Å²) >= 11 is 0. The number of aryl methyl sites for hydroxylation is 1. The van der Waals surface area contributed by atoms with Crippen LogP contribution in [0.2, 0.25) is 0 Å². The summed E-state index contributed by atoms with van der Waals surface area (Å²) in [5.74, 6) is 1.72. The van der Waals surface area contributed by atoms with E-state index in [2.05, 4.69) is 23.0 Å². The molecule has 1 atom stereocenters. The van der Waals surface area contributed by atoms with Gasteiger partial charge in [0.15, 0.2) is 5.58 Å². The van der Waals surface area contributed by atoms with Crippen LogP contribution in [0.15, 0.2) is 47.1 Å². The van der Waals surface area contributed by atoms with Crippen molar-refractivity contribution < 1.29 is 4.42 Å². The number of nitrogens with zero attached hydrogens (tertiary/aromatic N) is 2. The Morgan fingerprint density at radius 3 is 2.50 bits per heavy atom. The van der Waals surface area contributed by atoms with Crippen molar-refractivity contribution in [1.82, 2.24) is 9.97 Å². The summed E-state index contributed by atoms with van der Waals surface area (Å²) in [6.45, 7) is 8.20. The summed E-state index contributed by atoms with van der Waals surface area (Å²) in [5.41, 5.74) is 4.56. The zero-order valence-electron chi connectivity index (χ0n) is 13.8. The highest BCUT2D eigenvalue weighted by atomic mass is 16.3. The van der Waals surface area contributed by atoms with Crippen LogP contribution in [-0.4, -0.2) is 9.97 Å². The minimum atomic E-state index is 0.810. The van der Waals surface area contributed by atoms with Gasteiger partial charge in [0.2, 0.25) is 0 Å². The van der Waals surface area contributed by atoms with Crippen LogP contribution in [0.3, 0.4) is 0 Å². The Hall–Kier alpha value is -2.16. The summed E-state index contributed by atoms with van der Waals surface area (Å²) in [6, 6.07) is 9.92. The molecule has 1 aliphatic rings. The highest BCUT2D eigenvalue weighted by Crippen LogP contribution is 2.23. The maximum absolute atomic E-state index is 5.31. The van der Waals surface area contributed by atoms with Crippen molar-refractivity contribution in [3.8, 4) is 0 Å². The normalized spacial score (nSPS) is 15.4. The third-order valence-corrected chi connectivity index (χ3v) is 3.51. The zero-order chi connectivity index (χ0) is 15.9. The van der Waals surface area contributed by atoms with Crippen molar-refractivity contribution in [3.05, 3.63) is 59.7 Å². The number of hydrogen-bond donors (Lipinski definition) is 0. The van der Waals surface area contributed by atoms with Gasteiger partial charge in [-0.2, -0.15) is 0 Å². The van der Waals surface area contributed by atoms with Gasteiger partial charge in [-0.25, -0.2) is 0 Å². The van der Waals surface area contributed by atoms with E-state index in [1.807, 2.05) is 51.2 Å². The molecule has 3 nitrogen and oxygen atoms in total. The zero-order valence-corrected chi connectivity index (χ0v) is 13.8. The molecule has 0 fully saturated rings. The van der Waals surface area contributed by atoms with Crippen LogP contribution in [0, 0.1) is 12.8 Å². The van der Waals surface area contributed by atoms with Gasteiger partial charge >= 0.3 is 0 Å². The lowest BCUT2D eigenvalue weighted by atomic mass is 10.1. The molecule has 3 aromatic rings. The van der Waals surface area contributed by atoms with Crippen molar-refractivity contribution in [2.24, 2.45) is 5.92 Å². The second-order valence-electron chi connectivity index (χ2n) is 5.37. The van der Waals surface area contributed by atoms with Crippen LogP contribution < -0.4 is 0 Å². The number of pyridine rings is 2. The fourth-order valence-corrected chi connectivity index (χ4v) is 2.61. The molecule has 3 aromatic heterocycles. The Morgan fingerprint density at radius 2 is 1.77 bits per heavy atom. The van der Waals surface area contributed by atoms with Crippen molar-refractivity contribution in [2.45, 2.75) is 40.5 Å². The van der Waals surface area contributed by atoms with E-state index in [0.29, 0.717) is 0 Å². The van der Waals surface area contributed by atoms with Gasteiger partial charge in [0.25, 0.3) is 0 Å². The van der Waals surface area contributed by atoms with Gasteiger partial charge in [-0.15, -0.1) is 0 Å². The molecule has 0 saturated carbocycles. The Kier molecular flexibility index (Phi) is 5.70. The average molecular weight is 296 g/mol. The average Bonchev–Trinajstić information content (AvgIpc) is 3.10. The van der Waals surface area contributed by atoms with Gasteiger partial charge in [-0.05, 0) is 49.4 Å². The fraction of sp³-hybridized carbons (Fsp3) is 0.368. The topological polar surface area (TPSA) is 38.9 Å². The summed E-state index contributed by atoms with van der Waals surface area (Å²) in [7, 11) is 0. The number of fused-ring (bicyclic) bond motifs is 2. The molecule has 0 radical (unpaired) electrons. The van der Waals surface area contributed by atoms with Gasteiger partial charge < -0.3 is 4.42 Å². The summed E-state index contributed by atoms with van der Waals surface area (Å²) in [4.78, 5) is 8.42. The molecule has 0 saturated heterocycles. The van der Waals surface area contributed by atoms with E-state index in [9.17, 15) is 0 Å². The van der Waals surface area contributed by atoms with E-state index in [1.165, 1.54) is 24.1 Å². The molecule has 4 rings (SSSR count). The molecule has 0 aliphatic heterocycles. The minimum absolute atomic E-state index is 0.810. The molecule has 0 amide bonds. The highest BCUT2D eigenvalue weighted by Gasteiger charge is 2.17. The van der Waals surface area contributed by atoms with Crippen LogP contribution in [0.4, 0.5) is 0 Å². The third-order valence-electron chi connectivity index (χ3n) is 3.51. The predicted molar refractivity (Wildman–Crippen MR) is 90.9 cm³/mol. The Balaban J connectivity index is 0.000000144. The molecule has 3 heterocycles. The van der Waals surface area contributed by atoms with E-state index in [4.69, 9.17) is 4.42 Å². The maximum atomic E-state index is 5.31. The van der Waals surface area contributed by atoms with Gasteiger partial charge in [0.05, 0.1) is 0 Å². The Bertz CT molecular complexity index is 660. The molecule has 0 unspecified atom stereocenters. The molecule has 22 heavy (non-hydrogen) atoms. The predicted octanol–water partition coefficient (Wildman–Crippen LogP) is 4.98. The highest BCUT2D eigenvalue weighted by molar-refractivity contribution is 5.72. The maximum Gasteiger partial charge on any atom is 0.152 e. The van der Waals surface area contributed by atoms with Crippen molar-refractivity contribution in [3.63, 3.8) is 0 Å². The molecule has 0 bridgehead atoms. The van der Waals surface area contributed by atoms with Crippen LogP contribution in [0.25, 0.3) is 11.1 Å².